The number of nitrogens with zero attached hydrogens (tertiary/aromatic N) is 2. The third-order valence-electron chi connectivity index (χ3n) is 1.84. The van der Waals surface area contributed by atoms with Gasteiger partial charge in [-0.05, 0) is 0 Å². The molecule has 10 heavy (non-hydrogen) atoms. The molecule has 4 nitrogen and oxygen atoms in total. The Morgan fingerprint density at radius 3 is 2.20 bits per heavy atom. The van der Waals surface area contributed by atoms with Crippen molar-refractivity contribution in [1.82, 2.24) is 5.33 Å². The van der Waals surface area contributed by atoms with Gasteiger partial charge < -0.3 is 0 Å². The van der Waals surface area contributed by atoms with Crippen molar-refractivity contribution < 1.29 is 43.2 Å². The molecule has 3 N–H and O–H groups in total. The number of piperazine rings is 1. The fourth-order valence-corrected chi connectivity index (χ4v) is 2.69. The molecule has 1 aliphatic heterocycles. The van der Waals surface area contributed by atoms with Crippen LogP contribution in [-0.4, -0.2) is 37.5 Å². The summed E-state index contributed by atoms with van der Waals surface area (Å²) in [5.41, 5.74) is 5.32. The molecule has 0 aliphatic carbocycles. The van der Waals surface area contributed by atoms with Crippen LogP contribution in [0.3, 0.4) is 0 Å². The standard InChI is InChI=1S/C5H11N4.Ra.H/c6-5(7)9-3-1-8-2-4-9;;/h1-4H2,(H3,6,7);;/q-1;+1;. The van der Waals surface area contributed by atoms with E-state index in [9.17, 15) is 0 Å². The van der Waals surface area contributed by atoms with Crippen molar-refractivity contribution in [1.29, 1.82) is 5.41 Å². The molecule has 0 aromatic carbocycles. The molecule has 0 bridgehead atoms. The van der Waals surface area contributed by atoms with Crippen LogP contribution in [0.15, 0.2) is 0 Å². The van der Waals surface area contributed by atoms with E-state index in [-0.39, 0.29) is 5.96 Å². The van der Waals surface area contributed by atoms with Crippen molar-refractivity contribution in [2.24, 2.45) is 5.73 Å². The van der Waals surface area contributed by atoms with Gasteiger partial charge >= 0.3 is 91.8 Å². The van der Waals surface area contributed by atoms with E-state index in [0.717, 1.165) is 26.2 Å². The van der Waals surface area contributed by atoms with E-state index >= 15 is 0 Å². The van der Waals surface area contributed by atoms with Crippen LogP contribution in [-0.2, 0) is 0 Å². The van der Waals surface area contributed by atoms with E-state index in [2.05, 4.69) is 0.431 Å². The van der Waals surface area contributed by atoms with Gasteiger partial charge in [0.2, 0.25) is 0 Å². The molecule has 0 spiro atoms. The molecule has 0 aromatic rings. The second-order valence-corrected chi connectivity index (χ2v) is 7.87. The van der Waals surface area contributed by atoms with Crippen LogP contribution in [0.25, 0.3) is 0 Å². The summed E-state index contributed by atoms with van der Waals surface area (Å²) in [6.45, 7) is 4.14. The first-order chi connectivity index (χ1) is 4.70. The maximum atomic E-state index is 7.16. The molecular weight excluding hydrogens is 342 g/mol. The normalized spacial score (nSPS) is 20.9. The molecule has 1 heterocycles. The molecule has 1 rings (SSSR count). The summed E-state index contributed by atoms with van der Waals surface area (Å²) in [7, 11) is 0. The van der Waals surface area contributed by atoms with Gasteiger partial charge in [-0.15, -0.1) is 0 Å². The van der Waals surface area contributed by atoms with Gasteiger partial charge in [0.05, 0.1) is 0 Å². The molecule has 1 aliphatic rings. The van der Waals surface area contributed by atoms with Gasteiger partial charge in [-0.2, -0.15) is 0 Å². The summed E-state index contributed by atoms with van der Waals surface area (Å²) in [6.07, 6.45) is 0. The minimum absolute atomic E-state index is 0.227. The molecular formula is C5H12N4Ra. The maximum absolute atomic E-state index is 7.16. The van der Waals surface area contributed by atoms with Crippen LogP contribution in [0, 0.1) is 48.6 Å². The first-order valence-corrected chi connectivity index (χ1v) is 7.15. The van der Waals surface area contributed by atoms with E-state index in [4.69, 9.17) is 11.1 Å². The zero-order chi connectivity index (χ0) is 7.56. The molecule has 0 unspecified atom stereocenters. The third-order valence-corrected chi connectivity index (χ3v) is 5.52. The van der Waals surface area contributed by atoms with Crippen molar-refractivity contribution in [3.8, 4) is 0 Å². The quantitative estimate of drug-likeness (QED) is 0.420. The topological polar surface area (TPSA) is 56.4 Å². The first-order valence-electron chi connectivity index (χ1n) is 3.47. The molecule has 0 radical (unpaired) electrons. The Kier molecular flexibility index (Phi) is 3.44. The Bertz CT molecular complexity index is 130. The van der Waals surface area contributed by atoms with E-state index in [1.54, 1.807) is 0 Å². The number of hydrogen-bond donors (Lipinski definition) is 2. The van der Waals surface area contributed by atoms with Crippen molar-refractivity contribution in [2.75, 3.05) is 26.2 Å². The summed E-state index contributed by atoms with van der Waals surface area (Å²) in [5, 5.41) is 7.16. The van der Waals surface area contributed by atoms with Crippen LogP contribution >= 0.6 is 0 Å². The van der Waals surface area contributed by atoms with E-state index in [0.29, 0.717) is 43.2 Å². The van der Waals surface area contributed by atoms with Gasteiger partial charge in [0, 0.05) is 0 Å². The zero-order valence-corrected chi connectivity index (χ0v) is 14.5. The predicted molar refractivity (Wildman–Crippen MR) is 36.5 cm³/mol. The number of guanidine groups is 1. The van der Waals surface area contributed by atoms with Gasteiger partial charge in [-0.3, -0.25) is 0 Å². The molecule has 1 fully saturated rings. The predicted octanol–water partition coefficient (Wildman–Crippen LogP) is -1.31. The monoisotopic (exact) mass is 354 g/mol. The Morgan fingerprint density at radius 2 is 1.80 bits per heavy atom. The van der Waals surface area contributed by atoms with E-state index in [1.165, 1.54) is 0 Å². The molecule has 5 heteroatoms. The van der Waals surface area contributed by atoms with Crippen LogP contribution in [0.5, 0.6) is 0 Å². The van der Waals surface area contributed by atoms with Gasteiger partial charge in [-0.25, -0.2) is 0 Å². The number of rotatable bonds is 0. The van der Waals surface area contributed by atoms with Gasteiger partial charge in [0.25, 0.3) is 0 Å². The summed E-state index contributed by atoms with van der Waals surface area (Å²) in [4.78, 5) is 1.93. The van der Waals surface area contributed by atoms with Crippen molar-refractivity contribution in [3.05, 3.63) is 0 Å². The van der Waals surface area contributed by atoms with E-state index in [1.807, 2.05) is 4.90 Å². The Labute approximate surface area is 90.8 Å². The summed E-state index contributed by atoms with van der Waals surface area (Å²) < 4.78 is 2.47. The van der Waals surface area contributed by atoms with Crippen LogP contribution in [0.1, 0.15) is 0 Å². The van der Waals surface area contributed by atoms with Crippen LogP contribution in [0.2, 0.25) is 0 Å². The van der Waals surface area contributed by atoms with Crippen molar-refractivity contribution >= 4 is 5.96 Å². The molecule has 0 saturated carbocycles. The first kappa shape index (κ1) is 8.79. The molecule has 0 atom stereocenters. The molecule has 0 aromatic heterocycles. The number of hydrogen-bond acceptors (Lipinski definition) is 2. The van der Waals surface area contributed by atoms with Crippen molar-refractivity contribution in [2.45, 2.75) is 0 Å². The van der Waals surface area contributed by atoms with Crippen molar-refractivity contribution in [3.63, 3.8) is 0 Å². The zero-order valence-electron chi connectivity index (χ0n) is 6.30. The number of nitrogens with one attached hydrogen (secondary N) is 1. The number of nitrogens with two attached hydrogens (primary N) is 1. The molecule has 1 saturated heterocycles. The summed E-state index contributed by atoms with van der Waals surface area (Å²) in [6, 6.07) is 0. The SMILES string of the molecule is N=C(N)N1CC[N]([RaH])CC1. The Morgan fingerprint density at radius 1 is 1.30 bits per heavy atom. The van der Waals surface area contributed by atoms with Gasteiger partial charge in [0.1, 0.15) is 0 Å². The van der Waals surface area contributed by atoms with E-state index < -0.39 is 0 Å². The second-order valence-electron chi connectivity index (χ2n) is 2.68. The Hall–Kier alpha value is 0.698. The third kappa shape index (κ3) is 2.39. The Balaban J connectivity index is 2.33. The average Bonchev–Trinajstić information content (AvgIpc) is 1.88. The van der Waals surface area contributed by atoms with Gasteiger partial charge in [0.15, 0.2) is 0 Å². The van der Waals surface area contributed by atoms with Gasteiger partial charge in [-0.1, -0.05) is 0 Å². The van der Waals surface area contributed by atoms with Crippen LogP contribution < -0.4 is 5.73 Å². The van der Waals surface area contributed by atoms with Crippen LogP contribution in [0.4, 0.5) is 0 Å². The minimum atomic E-state index is 0.227. The average molecular weight is 354 g/mol. The summed E-state index contributed by atoms with van der Waals surface area (Å²) in [5.74, 6) is 0.227. The summed E-state index contributed by atoms with van der Waals surface area (Å²) >= 11 is 0.514. The fourth-order valence-electron chi connectivity index (χ4n) is 1.05. The molecule has 0 amide bonds. The fraction of sp³-hybridized carbons (Fsp3) is 0.800. The molecule has 54 valence electrons. The second kappa shape index (κ2) is 3.91.